The molecule has 2 heterocycles. The lowest BCUT2D eigenvalue weighted by Gasteiger charge is -2.19. The highest BCUT2D eigenvalue weighted by molar-refractivity contribution is 9.10. The molecule has 1 aliphatic carbocycles. The summed E-state index contributed by atoms with van der Waals surface area (Å²) in [6, 6.07) is 2.64. The van der Waals surface area contributed by atoms with Crippen molar-refractivity contribution in [3.63, 3.8) is 0 Å². The van der Waals surface area contributed by atoms with Crippen LogP contribution in [0.4, 0.5) is 0 Å². The van der Waals surface area contributed by atoms with Crippen LogP contribution in [-0.2, 0) is 0 Å². The van der Waals surface area contributed by atoms with Gasteiger partial charge in [0.25, 0.3) is 5.91 Å². The fraction of sp³-hybridized carbons (Fsp3) is 0.643. The molecule has 2 N–H and O–H groups in total. The Labute approximate surface area is 122 Å². The third kappa shape index (κ3) is 2.58. The molecule has 1 amide bonds. The number of amides is 1. The van der Waals surface area contributed by atoms with Gasteiger partial charge >= 0.3 is 0 Å². The predicted octanol–water partition coefficient (Wildman–Crippen LogP) is 2.39. The zero-order valence-electron chi connectivity index (χ0n) is 11.2. The second-order valence-corrected chi connectivity index (χ2v) is 6.76. The van der Waals surface area contributed by atoms with Crippen LogP contribution in [0.15, 0.2) is 16.7 Å². The van der Waals surface area contributed by atoms with Crippen molar-refractivity contribution in [3.8, 4) is 0 Å². The van der Waals surface area contributed by atoms with E-state index in [9.17, 15) is 4.79 Å². The Morgan fingerprint density at radius 2 is 2.21 bits per heavy atom. The molecule has 19 heavy (non-hydrogen) atoms. The molecule has 2 aliphatic rings. The minimum atomic E-state index is 0.153. The van der Waals surface area contributed by atoms with E-state index in [4.69, 9.17) is 5.73 Å². The van der Waals surface area contributed by atoms with Crippen molar-refractivity contribution in [2.75, 3.05) is 13.1 Å². The van der Waals surface area contributed by atoms with Gasteiger partial charge in [-0.25, -0.2) is 0 Å². The van der Waals surface area contributed by atoms with Crippen LogP contribution in [0.5, 0.6) is 0 Å². The first-order valence-electron chi connectivity index (χ1n) is 6.98. The van der Waals surface area contributed by atoms with Crippen molar-refractivity contribution in [2.45, 2.75) is 38.3 Å². The number of likely N-dealkylation sites (tertiary alicyclic amines) is 1. The lowest BCUT2D eigenvalue weighted by atomic mass is 10.0. The van der Waals surface area contributed by atoms with Crippen molar-refractivity contribution in [1.29, 1.82) is 0 Å². The van der Waals surface area contributed by atoms with Gasteiger partial charge in [-0.05, 0) is 54.1 Å². The molecule has 1 saturated carbocycles. The molecular weight excluding hydrogens is 306 g/mol. The summed E-state index contributed by atoms with van der Waals surface area (Å²) < 4.78 is 3.12. The molecule has 104 valence electrons. The number of aromatic nitrogens is 1. The molecular formula is C14H20BrN3O. The number of halogens is 1. The lowest BCUT2D eigenvalue weighted by Crippen LogP contribution is -2.33. The van der Waals surface area contributed by atoms with Crippen LogP contribution in [0.2, 0.25) is 0 Å². The summed E-state index contributed by atoms with van der Waals surface area (Å²) in [6.07, 6.45) is 5.42. The highest BCUT2D eigenvalue weighted by Crippen LogP contribution is 2.38. The maximum atomic E-state index is 12.6. The third-order valence-corrected chi connectivity index (χ3v) is 4.66. The topological polar surface area (TPSA) is 51.3 Å². The van der Waals surface area contributed by atoms with E-state index < -0.39 is 0 Å². The average molecular weight is 326 g/mol. The van der Waals surface area contributed by atoms with E-state index >= 15 is 0 Å². The average Bonchev–Trinajstić information content (AvgIpc) is 2.95. The summed E-state index contributed by atoms with van der Waals surface area (Å²) in [5, 5.41) is 0. The van der Waals surface area contributed by atoms with Gasteiger partial charge in [0.05, 0.1) is 0 Å². The molecule has 5 heteroatoms. The maximum Gasteiger partial charge on any atom is 0.270 e. The molecule has 1 aromatic heterocycles. The van der Waals surface area contributed by atoms with Gasteiger partial charge in [0.2, 0.25) is 0 Å². The number of rotatable bonds is 3. The minimum Gasteiger partial charge on any atom is -0.339 e. The standard InChI is InChI=1S/C14H20BrN3O/c1-9(16)10-4-5-17(7-10)14(19)13-6-11(15)8-18(13)12-2-3-12/h6,8-10,12H,2-5,7,16H2,1H3. The van der Waals surface area contributed by atoms with Gasteiger partial charge in [-0.3, -0.25) is 4.79 Å². The van der Waals surface area contributed by atoms with Crippen LogP contribution in [0.1, 0.15) is 42.7 Å². The van der Waals surface area contributed by atoms with Crippen molar-refractivity contribution in [2.24, 2.45) is 11.7 Å². The third-order valence-electron chi connectivity index (χ3n) is 4.23. The summed E-state index contributed by atoms with van der Waals surface area (Å²) in [7, 11) is 0. The Kier molecular flexibility index (Phi) is 3.43. The van der Waals surface area contributed by atoms with E-state index in [0.717, 1.165) is 29.7 Å². The van der Waals surface area contributed by atoms with Crippen LogP contribution in [0, 0.1) is 5.92 Å². The van der Waals surface area contributed by atoms with Gasteiger partial charge in [-0.2, -0.15) is 0 Å². The Hall–Kier alpha value is -0.810. The molecule has 4 nitrogen and oxygen atoms in total. The number of hydrogen-bond acceptors (Lipinski definition) is 2. The highest BCUT2D eigenvalue weighted by Gasteiger charge is 2.33. The molecule has 0 bridgehead atoms. The quantitative estimate of drug-likeness (QED) is 0.927. The summed E-state index contributed by atoms with van der Waals surface area (Å²) in [4.78, 5) is 14.6. The van der Waals surface area contributed by atoms with Crippen LogP contribution in [-0.4, -0.2) is 34.5 Å². The first-order valence-corrected chi connectivity index (χ1v) is 7.78. The summed E-state index contributed by atoms with van der Waals surface area (Å²) in [5.74, 6) is 0.595. The van der Waals surface area contributed by atoms with Gasteiger partial charge in [0.15, 0.2) is 0 Å². The van der Waals surface area contributed by atoms with Crippen molar-refractivity contribution < 1.29 is 4.79 Å². The summed E-state index contributed by atoms with van der Waals surface area (Å²) in [5.41, 5.74) is 6.76. The first kappa shape index (κ1) is 13.2. The molecule has 1 saturated heterocycles. The largest absolute Gasteiger partial charge is 0.339 e. The molecule has 2 fully saturated rings. The second kappa shape index (κ2) is 4.94. The predicted molar refractivity (Wildman–Crippen MR) is 78.1 cm³/mol. The molecule has 2 atom stereocenters. The number of nitrogens with zero attached hydrogens (tertiary/aromatic N) is 2. The van der Waals surface area contributed by atoms with Gasteiger partial charge in [-0.1, -0.05) is 0 Å². The first-order chi connectivity index (χ1) is 9.06. The lowest BCUT2D eigenvalue weighted by molar-refractivity contribution is 0.0775. The normalized spacial score (nSPS) is 24.8. The van der Waals surface area contributed by atoms with E-state index in [2.05, 4.69) is 20.5 Å². The monoisotopic (exact) mass is 325 g/mol. The van der Waals surface area contributed by atoms with Gasteiger partial charge in [0.1, 0.15) is 5.69 Å². The van der Waals surface area contributed by atoms with Crippen molar-refractivity contribution >= 4 is 21.8 Å². The van der Waals surface area contributed by atoms with Crippen LogP contribution >= 0.6 is 15.9 Å². The van der Waals surface area contributed by atoms with Crippen molar-refractivity contribution in [3.05, 3.63) is 22.4 Å². The number of nitrogens with two attached hydrogens (primary N) is 1. The van der Waals surface area contributed by atoms with Gasteiger partial charge < -0.3 is 15.2 Å². The number of carbonyl (C=O) groups excluding carboxylic acids is 1. The van der Waals surface area contributed by atoms with Gasteiger partial charge in [0, 0.05) is 35.8 Å². The Bertz CT molecular complexity index is 493. The second-order valence-electron chi connectivity index (χ2n) is 5.84. The maximum absolute atomic E-state index is 12.6. The fourth-order valence-corrected chi connectivity index (χ4v) is 3.27. The molecule has 0 aromatic carbocycles. The van der Waals surface area contributed by atoms with E-state index in [1.165, 1.54) is 12.8 Å². The fourth-order valence-electron chi connectivity index (χ4n) is 2.83. The summed E-state index contributed by atoms with van der Waals surface area (Å²) >= 11 is 3.48. The van der Waals surface area contributed by atoms with E-state index in [1.807, 2.05) is 24.1 Å². The SMILES string of the molecule is CC(N)C1CCN(C(=O)c2cc(Br)cn2C2CC2)C1. The van der Waals surface area contributed by atoms with Crippen molar-refractivity contribution in [1.82, 2.24) is 9.47 Å². The molecule has 0 radical (unpaired) electrons. The number of carbonyl (C=O) groups is 1. The van der Waals surface area contributed by atoms with Crippen LogP contribution in [0.25, 0.3) is 0 Å². The molecule has 3 rings (SSSR count). The van der Waals surface area contributed by atoms with E-state index in [-0.39, 0.29) is 11.9 Å². The summed E-state index contributed by atoms with van der Waals surface area (Å²) in [6.45, 7) is 3.66. The Balaban J connectivity index is 1.77. The van der Waals surface area contributed by atoms with E-state index in [1.54, 1.807) is 0 Å². The van der Waals surface area contributed by atoms with Crippen LogP contribution in [0.3, 0.4) is 0 Å². The van der Waals surface area contributed by atoms with Gasteiger partial charge in [-0.15, -0.1) is 0 Å². The zero-order valence-corrected chi connectivity index (χ0v) is 12.8. The molecule has 2 unspecified atom stereocenters. The number of hydrogen-bond donors (Lipinski definition) is 1. The molecule has 1 aliphatic heterocycles. The minimum absolute atomic E-state index is 0.153. The van der Waals surface area contributed by atoms with Crippen LogP contribution < -0.4 is 5.73 Å². The highest BCUT2D eigenvalue weighted by atomic mass is 79.9. The molecule has 1 aromatic rings. The molecule has 0 spiro atoms. The van der Waals surface area contributed by atoms with E-state index in [0.29, 0.717) is 12.0 Å². The zero-order chi connectivity index (χ0) is 13.6. The Morgan fingerprint density at radius 1 is 1.47 bits per heavy atom. The smallest absolute Gasteiger partial charge is 0.270 e. The Morgan fingerprint density at radius 3 is 2.79 bits per heavy atom.